The summed E-state index contributed by atoms with van der Waals surface area (Å²) in [5.74, 6) is -1.21. The number of carbonyl (C=O) groups is 2. The molecule has 1 saturated heterocycles. The Bertz CT molecular complexity index is 325. The largest absolute Gasteiger partial charge is 0.481 e. The van der Waals surface area contributed by atoms with Gasteiger partial charge in [0.25, 0.3) is 0 Å². The molecule has 1 aliphatic heterocycles. The topological polar surface area (TPSA) is 75.6 Å². The van der Waals surface area contributed by atoms with E-state index in [1.54, 1.807) is 0 Å². The average Bonchev–Trinajstić information content (AvgIpc) is 2.89. The third kappa shape index (κ3) is 4.20. The molecule has 2 N–H and O–H groups in total. The molecule has 2 aliphatic rings. The molecule has 1 unspecified atom stereocenters. The zero-order chi connectivity index (χ0) is 13.7. The van der Waals surface area contributed by atoms with Crippen molar-refractivity contribution >= 4 is 11.9 Å². The molecule has 1 aliphatic carbocycles. The van der Waals surface area contributed by atoms with Crippen LogP contribution in [0, 0.1) is 11.8 Å². The number of carboxylic acid groups (broad SMARTS) is 1. The summed E-state index contributed by atoms with van der Waals surface area (Å²) in [5.41, 5.74) is 0. The number of nitrogens with one attached hydrogen (secondary N) is 1. The monoisotopic (exact) mass is 269 g/mol. The van der Waals surface area contributed by atoms with Crippen LogP contribution in [0.3, 0.4) is 0 Å². The average molecular weight is 269 g/mol. The quantitative estimate of drug-likeness (QED) is 0.794. The second-order valence-corrected chi connectivity index (χ2v) is 5.61. The first-order valence-electron chi connectivity index (χ1n) is 7.29. The normalized spacial score (nSPS) is 31.1. The molecule has 0 aromatic rings. The van der Waals surface area contributed by atoms with E-state index in [4.69, 9.17) is 9.84 Å². The Balaban J connectivity index is 1.63. The first-order valence-corrected chi connectivity index (χ1v) is 7.29. The van der Waals surface area contributed by atoms with Crippen LogP contribution >= 0.6 is 0 Å². The molecule has 1 saturated carbocycles. The van der Waals surface area contributed by atoms with E-state index in [9.17, 15) is 9.59 Å². The van der Waals surface area contributed by atoms with Crippen molar-refractivity contribution in [3.05, 3.63) is 0 Å². The molecule has 19 heavy (non-hydrogen) atoms. The fourth-order valence-corrected chi connectivity index (χ4v) is 2.98. The van der Waals surface area contributed by atoms with E-state index in [1.165, 1.54) is 6.42 Å². The van der Waals surface area contributed by atoms with Crippen molar-refractivity contribution in [1.82, 2.24) is 5.32 Å². The summed E-state index contributed by atoms with van der Waals surface area (Å²) in [4.78, 5) is 22.8. The number of hydrogen-bond donors (Lipinski definition) is 2. The Hall–Kier alpha value is -1.10. The zero-order valence-corrected chi connectivity index (χ0v) is 11.3. The predicted molar refractivity (Wildman–Crippen MR) is 69.7 cm³/mol. The van der Waals surface area contributed by atoms with E-state index in [-0.39, 0.29) is 23.8 Å². The minimum absolute atomic E-state index is 0.0135. The van der Waals surface area contributed by atoms with Crippen molar-refractivity contribution in [2.24, 2.45) is 11.8 Å². The fraction of sp³-hybridized carbons (Fsp3) is 0.857. The smallest absolute Gasteiger partial charge is 0.306 e. The van der Waals surface area contributed by atoms with Crippen molar-refractivity contribution < 1.29 is 19.4 Å². The molecule has 0 bridgehead atoms. The highest BCUT2D eigenvalue weighted by molar-refractivity contribution is 5.80. The molecule has 0 aromatic carbocycles. The number of rotatable bonds is 5. The van der Waals surface area contributed by atoms with Crippen LogP contribution in [-0.4, -0.2) is 36.2 Å². The predicted octanol–water partition coefficient (Wildman–Crippen LogP) is 1.56. The highest BCUT2D eigenvalue weighted by atomic mass is 16.5. The Morgan fingerprint density at radius 3 is 2.58 bits per heavy atom. The highest BCUT2D eigenvalue weighted by Crippen LogP contribution is 2.31. The zero-order valence-electron chi connectivity index (χ0n) is 11.3. The molecule has 0 aromatic heterocycles. The Kier molecular flexibility index (Phi) is 5.19. The van der Waals surface area contributed by atoms with Crippen molar-refractivity contribution in [2.75, 3.05) is 13.2 Å². The lowest BCUT2D eigenvalue weighted by Gasteiger charge is -2.22. The number of carbonyl (C=O) groups excluding carboxylic acids is 1. The van der Waals surface area contributed by atoms with Gasteiger partial charge in [0.1, 0.15) is 0 Å². The maximum Gasteiger partial charge on any atom is 0.306 e. The van der Waals surface area contributed by atoms with Crippen LogP contribution in [-0.2, 0) is 14.3 Å². The van der Waals surface area contributed by atoms with Gasteiger partial charge in [0, 0.05) is 19.1 Å². The summed E-state index contributed by atoms with van der Waals surface area (Å²) in [6, 6.07) is 0. The molecule has 3 atom stereocenters. The van der Waals surface area contributed by atoms with E-state index in [0.717, 1.165) is 25.9 Å². The second kappa shape index (κ2) is 6.89. The van der Waals surface area contributed by atoms with Crippen molar-refractivity contribution in [3.8, 4) is 0 Å². The molecule has 0 spiro atoms. The first kappa shape index (κ1) is 14.3. The van der Waals surface area contributed by atoms with Gasteiger partial charge in [0.15, 0.2) is 0 Å². The van der Waals surface area contributed by atoms with Gasteiger partial charge in [-0.1, -0.05) is 0 Å². The third-order valence-electron chi connectivity index (χ3n) is 4.19. The van der Waals surface area contributed by atoms with E-state index >= 15 is 0 Å². The summed E-state index contributed by atoms with van der Waals surface area (Å²) in [7, 11) is 0. The summed E-state index contributed by atoms with van der Waals surface area (Å²) in [6.45, 7) is 1.47. The first-order chi connectivity index (χ1) is 9.16. The van der Waals surface area contributed by atoms with Crippen LogP contribution in [0.2, 0.25) is 0 Å². The molecule has 5 heteroatoms. The van der Waals surface area contributed by atoms with Gasteiger partial charge in [-0.3, -0.25) is 9.59 Å². The SMILES string of the molecule is O=C(O)[C@@H]1CC[C@H](C(=O)NCCC2CCCCO2)C1. The molecule has 108 valence electrons. The number of amides is 1. The number of hydrogen-bond acceptors (Lipinski definition) is 3. The van der Waals surface area contributed by atoms with Crippen LogP contribution in [0.5, 0.6) is 0 Å². The Morgan fingerprint density at radius 1 is 1.16 bits per heavy atom. The molecule has 1 heterocycles. The second-order valence-electron chi connectivity index (χ2n) is 5.61. The van der Waals surface area contributed by atoms with Crippen LogP contribution in [0.15, 0.2) is 0 Å². The van der Waals surface area contributed by atoms with Gasteiger partial charge in [0.05, 0.1) is 12.0 Å². The molecule has 1 amide bonds. The lowest BCUT2D eigenvalue weighted by molar-refractivity contribution is -0.141. The standard InChI is InChI=1S/C14H23NO4/c16-13(10-4-5-11(9-10)14(17)18)15-7-6-12-3-1-2-8-19-12/h10-12H,1-9H2,(H,15,16)(H,17,18)/t10-,11+,12?/m0/s1. The number of aliphatic carboxylic acids is 1. The summed E-state index contributed by atoms with van der Waals surface area (Å²) in [5, 5.41) is 11.8. The van der Waals surface area contributed by atoms with Crippen molar-refractivity contribution in [3.63, 3.8) is 0 Å². The number of ether oxygens (including phenoxy) is 1. The molecule has 5 nitrogen and oxygen atoms in total. The minimum atomic E-state index is -0.772. The van der Waals surface area contributed by atoms with Gasteiger partial charge in [-0.25, -0.2) is 0 Å². The summed E-state index contributed by atoms with van der Waals surface area (Å²) < 4.78 is 5.60. The van der Waals surface area contributed by atoms with Crippen LogP contribution in [0.1, 0.15) is 44.9 Å². The lowest BCUT2D eigenvalue weighted by atomic mass is 10.0. The molecule has 0 radical (unpaired) electrons. The Morgan fingerprint density at radius 2 is 1.95 bits per heavy atom. The van der Waals surface area contributed by atoms with E-state index in [1.807, 2.05) is 0 Å². The summed E-state index contributed by atoms with van der Waals surface area (Å²) >= 11 is 0. The number of carboxylic acids is 1. The Labute approximate surface area is 113 Å². The van der Waals surface area contributed by atoms with E-state index in [0.29, 0.717) is 25.8 Å². The van der Waals surface area contributed by atoms with Gasteiger partial charge in [0.2, 0.25) is 5.91 Å². The molecular weight excluding hydrogens is 246 g/mol. The van der Waals surface area contributed by atoms with Gasteiger partial charge in [-0.2, -0.15) is 0 Å². The van der Waals surface area contributed by atoms with Gasteiger partial charge in [-0.05, 0) is 44.9 Å². The highest BCUT2D eigenvalue weighted by Gasteiger charge is 2.33. The van der Waals surface area contributed by atoms with E-state index in [2.05, 4.69) is 5.32 Å². The lowest BCUT2D eigenvalue weighted by Crippen LogP contribution is -2.33. The van der Waals surface area contributed by atoms with Gasteiger partial charge < -0.3 is 15.2 Å². The van der Waals surface area contributed by atoms with Crippen molar-refractivity contribution in [1.29, 1.82) is 0 Å². The maximum atomic E-state index is 11.9. The maximum absolute atomic E-state index is 11.9. The van der Waals surface area contributed by atoms with Gasteiger partial charge in [-0.15, -0.1) is 0 Å². The van der Waals surface area contributed by atoms with Crippen molar-refractivity contribution in [2.45, 2.75) is 51.0 Å². The molecule has 2 rings (SSSR count). The van der Waals surface area contributed by atoms with Crippen LogP contribution in [0.25, 0.3) is 0 Å². The summed E-state index contributed by atoms with van der Waals surface area (Å²) in [6.07, 6.45) is 6.39. The third-order valence-corrected chi connectivity index (χ3v) is 4.19. The van der Waals surface area contributed by atoms with Crippen LogP contribution in [0.4, 0.5) is 0 Å². The molecular formula is C14H23NO4. The van der Waals surface area contributed by atoms with E-state index < -0.39 is 5.97 Å². The van der Waals surface area contributed by atoms with Gasteiger partial charge >= 0.3 is 5.97 Å². The molecule has 2 fully saturated rings. The van der Waals surface area contributed by atoms with Crippen LogP contribution < -0.4 is 5.32 Å². The fourth-order valence-electron chi connectivity index (χ4n) is 2.98. The minimum Gasteiger partial charge on any atom is -0.481 e.